The van der Waals surface area contributed by atoms with Crippen molar-refractivity contribution in [3.8, 4) is 0 Å². The van der Waals surface area contributed by atoms with Gasteiger partial charge in [0.15, 0.2) is 11.1 Å². The number of unbranched alkanes of at least 4 members (excludes halogenated alkanes) is 2. The van der Waals surface area contributed by atoms with Gasteiger partial charge < -0.3 is 5.98 Å². The zero-order chi connectivity index (χ0) is 6.41. The zero-order valence-corrected chi connectivity index (χ0v) is 8.91. The maximum atomic E-state index is 9.99. The predicted octanol–water partition coefficient (Wildman–Crippen LogP) is -1.49. The van der Waals surface area contributed by atoms with E-state index < -0.39 is 11.1 Å². The van der Waals surface area contributed by atoms with Gasteiger partial charge in [0.2, 0.25) is 0 Å². The molecule has 0 aliphatic rings. The van der Waals surface area contributed by atoms with E-state index >= 15 is 0 Å². The molecule has 0 spiro atoms. The van der Waals surface area contributed by atoms with Gasteiger partial charge in [-0.15, -0.1) is 0 Å². The zero-order valence-electron chi connectivity index (χ0n) is 7.09. The van der Waals surface area contributed by atoms with Gasteiger partial charge in [0.1, 0.15) is 0 Å². The van der Waals surface area contributed by atoms with Gasteiger partial charge in [0.25, 0.3) is 0 Å². The fourth-order valence-corrected chi connectivity index (χ4v) is 0.927. The van der Waals surface area contributed by atoms with Gasteiger partial charge in [0, 0.05) is 5.75 Å². The molecule has 0 aliphatic carbocycles. The Morgan fingerprint density at radius 1 is 1.56 bits per heavy atom. The van der Waals surface area contributed by atoms with Gasteiger partial charge in [-0.3, -0.25) is 0 Å². The first-order valence-electron chi connectivity index (χ1n) is 2.85. The summed E-state index contributed by atoms with van der Waals surface area (Å²) in [6.45, 7) is 2.07. The van der Waals surface area contributed by atoms with Crippen molar-refractivity contribution in [1.29, 1.82) is 0 Å². The van der Waals surface area contributed by atoms with Crippen LogP contribution in [0.15, 0.2) is 0 Å². The molecule has 0 saturated carbocycles. The van der Waals surface area contributed by atoms with Gasteiger partial charge in [0.05, 0.1) is 0 Å². The molecule has 1 N–H and O–H groups in total. The number of rotatable bonds is 4. The van der Waals surface area contributed by atoms with Gasteiger partial charge >= 0.3 is 29.6 Å². The molecule has 0 fully saturated rings. The molecule has 0 aromatic heterocycles. The molecule has 52 valence electrons. The summed E-state index contributed by atoms with van der Waals surface area (Å²) in [6, 6.07) is 0. The Morgan fingerprint density at radius 2 is 2.11 bits per heavy atom. The van der Waals surface area contributed by atoms with E-state index in [-0.39, 0.29) is 31.0 Å². The molecule has 0 aromatic carbocycles. The van der Waals surface area contributed by atoms with E-state index in [4.69, 9.17) is 4.55 Å². The van der Waals surface area contributed by atoms with E-state index in [1.54, 1.807) is 0 Å². The van der Waals surface area contributed by atoms with E-state index in [1.165, 1.54) is 0 Å². The van der Waals surface area contributed by atoms with Crippen molar-refractivity contribution < 1.29 is 39.7 Å². The summed E-state index contributed by atoms with van der Waals surface area (Å²) >= 11 is -1.57. The maximum absolute atomic E-state index is 9.99. The monoisotopic (exact) mass is 160 g/mol. The van der Waals surface area contributed by atoms with E-state index in [2.05, 4.69) is 6.92 Å². The molecule has 1 unspecified atom stereocenters. The first kappa shape index (κ1) is 12.8. The molecule has 0 amide bonds. The van der Waals surface area contributed by atoms with Crippen LogP contribution >= 0.6 is 0 Å². The van der Waals surface area contributed by atoms with Gasteiger partial charge in [-0.1, -0.05) is 19.8 Å². The van der Waals surface area contributed by atoms with Gasteiger partial charge in [-0.25, -0.2) is 4.21 Å². The molecule has 0 rings (SSSR count). The summed E-state index contributed by atoms with van der Waals surface area (Å²) in [6.07, 6.45) is 3.04. The second kappa shape index (κ2) is 9.11. The Bertz CT molecular complexity index is 82.0. The first-order valence-corrected chi connectivity index (χ1v) is 4.12. The van der Waals surface area contributed by atoms with Crippen LogP contribution in [0.3, 0.4) is 0 Å². The molecule has 1 atom stereocenters. The van der Waals surface area contributed by atoms with Crippen LogP contribution in [-0.2, 0) is 11.1 Å². The van der Waals surface area contributed by atoms with Crippen LogP contribution in [0.4, 0.5) is 0 Å². The average Bonchev–Trinajstić information content (AvgIpc) is 1.66. The SMILES string of the molecule is CCCCCS(=O)O.[H-].[Na+]. The average molecular weight is 160 g/mol. The normalized spacial score (nSPS) is 12.2. The van der Waals surface area contributed by atoms with Crippen LogP contribution in [0, 0.1) is 0 Å². The summed E-state index contributed by atoms with van der Waals surface area (Å²) in [5, 5.41) is 0. The predicted molar refractivity (Wildman–Crippen MR) is 36.3 cm³/mol. The molecule has 0 heterocycles. The molecule has 0 bridgehead atoms. The van der Waals surface area contributed by atoms with Crippen molar-refractivity contribution in [2.45, 2.75) is 26.2 Å². The van der Waals surface area contributed by atoms with Crippen LogP contribution in [0.5, 0.6) is 0 Å². The molecule has 9 heavy (non-hydrogen) atoms. The molecule has 0 aliphatic heterocycles. The van der Waals surface area contributed by atoms with Crippen molar-refractivity contribution >= 4 is 11.1 Å². The Kier molecular flexibility index (Phi) is 12.9. The maximum Gasteiger partial charge on any atom is 1.00 e. The summed E-state index contributed by atoms with van der Waals surface area (Å²) < 4.78 is 18.2. The van der Waals surface area contributed by atoms with Crippen molar-refractivity contribution in [2.24, 2.45) is 0 Å². The number of hydrogen-bond donors (Lipinski definition) is 1. The first-order chi connectivity index (χ1) is 3.77. The molecular formula is C5H13NaO2S. The summed E-state index contributed by atoms with van der Waals surface area (Å²) in [5.41, 5.74) is 0. The summed E-state index contributed by atoms with van der Waals surface area (Å²) in [5.74, 6) is 0.438. The Morgan fingerprint density at radius 3 is 2.44 bits per heavy atom. The standard InChI is InChI=1S/C5H12O2S.Na.H/c1-2-3-4-5-8(6)7;;/h2-5H2,1H3,(H,6,7);;/q;+1;-1. The second-order valence-electron chi connectivity index (χ2n) is 1.73. The third-order valence-electron chi connectivity index (χ3n) is 0.923. The van der Waals surface area contributed by atoms with E-state index in [0.29, 0.717) is 5.75 Å². The van der Waals surface area contributed by atoms with Crippen molar-refractivity contribution in [1.82, 2.24) is 0 Å². The Hall–Kier alpha value is 1.11. The van der Waals surface area contributed by atoms with Crippen LogP contribution in [0.25, 0.3) is 0 Å². The second-order valence-corrected chi connectivity index (χ2v) is 2.78. The Balaban J connectivity index is -0.000000245. The topological polar surface area (TPSA) is 37.3 Å². The smallest absolute Gasteiger partial charge is 1.00 e. The third-order valence-corrected chi connectivity index (χ3v) is 1.56. The van der Waals surface area contributed by atoms with Crippen molar-refractivity contribution in [2.75, 3.05) is 5.75 Å². The molecule has 2 nitrogen and oxygen atoms in total. The van der Waals surface area contributed by atoms with Crippen LogP contribution in [-0.4, -0.2) is 14.5 Å². The van der Waals surface area contributed by atoms with E-state index in [0.717, 1.165) is 19.3 Å². The largest absolute Gasteiger partial charge is 1.00 e. The van der Waals surface area contributed by atoms with Crippen LogP contribution < -0.4 is 29.6 Å². The van der Waals surface area contributed by atoms with Crippen molar-refractivity contribution in [3.63, 3.8) is 0 Å². The molecular weight excluding hydrogens is 147 g/mol. The quantitative estimate of drug-likeness (QED) is 0.309. The van der Waals surface area contributed by atoms with Crippen molar-refractivity contribution in [3.05, 3.63) is 0 Å². The van der Waals surface area contributed by atoms with Crippen LogP contribution in [0.2, 0.25) is 0 Å². The third kappa shape index (κ3) is 12.3. The van der Waals surface area contributed by atoms with E-state index in [1.807, 2.05) is 0 Å². The van der Waals surface area contributed by atoms with Gasteiger partial charge in [-0.05, 0) is 6.42 Å². The fraction of sp³-hybridized carbons (Fsp3) is 1.00. The molecule has 0 aromatic rings. The number of hydrogen-bond acceptors (Lipinski definition) is 1. The minimum absolute atomic E-state index is 0. The molecule has 0 saturated heterocycles. The fourth-order valence-electron chi connectivity index (χ4n) is 0.476. The van der Waals surface area contributed by atoms with Crippen LogP contribution in [0.1, 0.15) is 27.6 Å². The van der Waals surface area contributed by atoms with E-state index in [9.17, 15) is 4.21 Å². The minimum atomic E-state index is -1.57. The summed E-state index contributed by atoms with van der Waals surface area (Å²) in [4.78, 5) is 0. The Labute approximate surface area is 82.5 Å². The minimum Gasteiger partial charge on any atom is -1.00 e. The summed E-state index contributed by atoms with van der Waals surface area (Å²) in [7, 11) is 0. The molecule has 4 heteroatoms. The molecule has 0 radical (unpaired) electrons. The van der Waals surface area contributed by atoms with Gasteiger partial charge in [-0.2, -0.15) is 0 Å².